The van der Waals surface area contributed by atoms with E-state index >= 15 is 0 Å². The quantitative estimate of drug-likeness (QED) is 0.581. The van der Waals surface area contributed by atoms with Gasteiger partial charge in [0.2, 0.25) is 0 Å². The lowest BCUT2D eigenvalue weighted by atomic mass is 9.90. The van der Waals surface area contributed by atoms with E-state index in [1.807, 2.05) is 6.92 Å². The van der Waals surface area contributed by atoms with Crippen molar-refractivity contribution in [3.05, 3.63) is 0 Å². The molecule has 2 N–H and O–H groups in total. The molecule has 3 heteroatoms. The zero-order chi connectivity index (χ0) is 7.19. The zero-order valence-corrected chi connectivity index (χ0v) is 7.66. The second-order valence-corrected chi connectivity index (χ2v) is 4.04. The van der Waals surface area contributed by atoms with Crippen LogP contribution in [-0.4, -0.2) is 22.8 Å². The first-order chi connectivity index (χ1) is 4.66. The van der Waals surface area contributed by atoms with Crippen molar-refractivity contribution in [3.63, 3.8) is 0 Å². The molecule has 0 spiro atoms. The third kappa shape index (κ3) is 1.86. The summed E-state index contributed by atoms with van der Waals surface area (Å²) in [5.41, 5.74) is -0.378. The monoisotopic (exact) mass is 177 g/mol. The summed E-state index contributed by atoms with van der Waals surface area (Å²) in [5.74, 6) is 0. The van der Waals surface area contributed by atoms with E-state index in [0.29, 0.717) is 12.1 Å². The van der Waals surface area contributed by atoms with Crippen molar-refractivity contribution in [2.45, 2.75) is 50.3 Å². The number of piperidine rings is 1. The summed E-state index contributed by atoms with van der Waals surface area (Å²) in [7, 11) is 0. The molecule has 2 nitrogen and oxygen atoms in total. The number of hydrogen-bond acceptors (Lipinski definition) is 2. The molecule has 2 bridgehead atoms. The fourth-order valence-electron chi connectivity index (χ4n) is 2.37. The molecule has 2 heterocycles. The summed E-state index contributed by atoms with van der Waals surface area (Å²) >= 11 is 0. The van der Waals surface area contributed by atoms with Gasteiger partial charge in [-0.15, -0.1) is 12.4 Å². The first kappa shape index (κ1) is 9.30. The Balaban J connectivity index is 0.000000605. The van der Waals surface area contributed by atoms with Gasteiger partial charge in [-0.2, -0.15) is 0 Å². The first-order valence-electron chi connectivity index (χ1n) is 4.14. The van der Waals surface area contributed by atoms with E-state index in [1.165, 1.54) is 12.8 Å². The van der Waals surface area contributed by atoms with Crippen LogP contribution in [0, 0.1) is 0 Å². The standard InChI is InChI=1S/C8H15NO.ClH/c1-8(10)4-6-2-3-7(5-8)9-6;/h6-7,9-10H,2-5H2,1H3;1H/t6-,7+,8+;. The average Bonchev–Trinajstić information content (AvgIpc) is 2.08. The van der Waals surface area contributed by atoms with E-state index in [1.54, 1.807) is 0 Å². The smallest absolute Gasteiger partial charge is 0.0649 e. The van der Waals surface area contributed by atoms with Crippen molar-refractivity contribution in [1.82, 2.24) is 5.32 Å². The Morgan fingerprint density at radius 1 is 1.27 bits per heavy atom. The third-order valence-corrected chi connectivity index (χ3v) is 2.71. The molecule has 2 aliphatic heterocycles. The fraction of sp³-hybridized carbons (Fsp3) is 1.00. The number of nitrogens with one attached hydrogen (secondary N) is 1. The summed E-state index contributed by atoms with van der Waals surface area (Å²) in [6.45, 7) is 1.96. The number of halogens is 1. The van der Waals surface area contributed by atoms with Gasteiger partial charge in [0, 0.05) is 12.1 Å². The van der Waals surface area contributed by atoms with Crippen LogP contribution in [0.5, 0.6) is 0 Å². The van der Waals surface area contributed by atoms with Crippen molar-refractivity contribution < 1.29 is 5.11 Å². The lowest BCUT2D eigenvalue weighted by molar-refractivity contribution is 0.0111. The highest BCUT2D eigenvalue weighted by atomic mass is 35.5. The van der Waals surface area contributed by atoms with Gasteiger partial charge in [-0.25, -0.2) is 0 Å². The van der Waals surface area contributed by atoms with Gasteiger partial charge in [0.25, 0.3) is 0 Å². The molecule has 2 rings (SSSR count). The molecule has 3 atom stereocenters. The van der Waals surface area contributed by atoms with Gasteiger partial charge >= 0.3 is 0 Å². The van der Waals surface area contributed by atoms with Gasteiger partial charge in [-0.3, -0.25) is 0 Å². The van der Waals surface area contributed by atoms with Crippen molar-refractivity contribution in [2.24, 2.45) is 0 Å². The second-order valence-electron chi connectivity index (χ2n) is 4.04. The van der Waals surface area contributed by atoms with Gasteiger partial charge in [0.15, 0.2) is 0 Å². The Bertz CT molecular complexity index is 135. The molecule has 0 unspecified atom stereocenters. The SMILES string of the molecule is C[C@]1(O)C[C@H]2CC[C@@H](C1)N2.Cl. The van der Waals surface area contributed by atoms with Crippen LogP contribution < -0.4 is 5.32 Å². The normalized spacial score (nSPS) is 48.5. The third-order valence-electron chi connectivity index (χ3n) is 2.71. The molecule has 0 aromatic rings. The van der Waals surface area contributed by atoms with Gasteiger partial charge in [0.05, 0.1) is 5.60 Å². The van der Waals surface area contributed by atoms with Crippen LogP contribution in [0.1, 0.15) is 32.6 Å². The van der Waals surface area contributed by atoms with Gasteiger partial charge in [-0.05, 0) is 32.6 Å². The van der Waals surface area contributed by atoms with Gasteiger partial charge in [-0.1, -0.05) is 0 Å². The van der Waals surface area contributed by atoms with Crippen LogP contribution in [0.3, 0.4) is 0 Å². The summed E-state index contributed by atoms with van der Waals surface area (Å²) in [5, 5.41) is 13.2. The molecule has 0 saturated carbocycles. The Kier molecular flexibility index (Phi) is 2.47. The average molecular weight is 178 g/mol. The fourth-order valence-corrected chi connectivity index (χ4v) is 2.37. The molecule has 0 amide bonds. The van der Waals surface area contributed by atoms with Crippen LogP contribution in [0.25, 0.3) is 0 Å². The minimum atomic E-state index is -0.378. The molecule has 0 aliphatic carbocycles. The Morgan fingerprint density at radius 3 is 2.18 bits per heavy atom. The zero-order valence-electron chi connectivity index (χ0n) is 6.84. The number of rotatable bonds is 0. The molecule has 0 aromatic carbocycles. The molecule has 2 fully saturated rings. The van der Waals surface area contributed by atoms with E-state index in [2.05, 4.69) is 5.32 Å². The van der Waals surface area contributed by atoms with Crippen LogP contribution >= 0.6 is 12.4 Å². The second kappa shape index (κ2) is 2.92. The maximum Gasteiger partial charge on any atom is 0.0649 e. The van der Waals surface area contributed by atoms with E-state index in [9.17, 15) is 5.11 Å². The summed E-state index contributed by atoms with van der Waals surface area (Å²) in [4.78, 5) is 0. The highest BCUT2D eigenvalue weighted by Gasteiger charge is 2.38. The molecule has 11 heavy (non-hydrogen) atoms. The predicted octanol–water partition coefficient (Wildman–Crippen LogP) is 1.07. The number of aliphatic hydroxyl groups is 1. The summed E-state index contributed by atoms with van der Waals surface area (Å²) < 4.78 is 0. The Morgan fingerprint density at radius 2 is 1.73 bits per heavy atom. The van der Waals surface area contributed by atoms with Gasteiger partial charge in [0.1, 0.15) is 0 Å². The molecule has 2 aliphatic rings. The van der Waals surface area contributed by atoms with E-state index in [4.69, 9.17) is 0 Å². The van der Waals surface area contributed by atoms with Gasteiger partial charge < -0.3 is 10.4 Å². The predicted molar refractivity (Wildman–Crippen MR) is 47.1 cm³/mol. The summed E-state index contributed by atoms with van der Waals surface area (Å²) in [6, 6.07) is 1.21. The minimum Gasteiger partial charge on any atom is -0.390 e. The molecular weight excluding hydrogens is 162 g/mol. The molecule has 0 aromatic heterocycles. The van der Waals surface area contributed by atoms with Crippen LogP contribution in [0.4, 0.5) is 0 Å². The maximum atomic E-state index is 9.72. The van der Waals surface area contributed by atoms with Crippen molar-refractivity contribution in [2.75, 3.05) is 0 Å². The number of fused-ring (bicyclic) bond motifs is 2. The lowest BCUT2D eigenvalue weighted by Gasteiger charge is -2.33. The molecule has 0 radical (unpaired) electrons. The lowest BCUT2D eigenvalue weighted by Crippen LogP contribution is -2.46. The molecule has 66 valence electrons. The van der Waals surface area contributed by atoms with Crippen LogP contribution in [-0.2, 0) is 0 Å². The van der Waals surface area contributed by atoms with Crippen molar-refractivity contribution >= 4 is 12.4 Å². The number of hydrogen-bond donors (Lipinski definition) is 2. The minimum absolute atomic E-state index is 0. The molecule has 2 saturated heterocycles. The van der Waals surface area contributed by atoms with Crippen molar-refractivity contribution in [3.8, 4) is 0 Å². The highest BCUT2D eigenvalue weighted by Crippen LogP contribution is 2.33. The van der Waals surface area contributed by atoms with E-state index in [0.717, 1.165) is 12.8 Å². The van der Waals surface area contributed by atoms with E-state index in [-0.39, 0.29) is 18.0 Å². The van der Waals surface area contributed by atoms with Crippen LogP contribution in [0.15, 0.2) is 0 Å². The Hall–Kier alpha value is 0.210. The summed E-state index contributed by atoms with van der Waals surface area (Å²) in [6.07, 6.45) is 4.43. The van der Waals surface area contributed by atoms with E-state index < -0.39 is 0 Å². The van der Waals surface area contributed by atoms with Crippen LogP contribution in [0.2, 0.25) is 0 Å². The first-order valence-corrected chi connectivity index (χ1v) is 4.14. The highest BCUT2D eigenvalue weighted by molar-refractivity contribution is 5.85. The largest absolute Gasteiger partial charge is 0.390 e. The topological polar surface area (TPSA) is 32.3 Å². The maximum absolute atomic E-state index is 9.72. The Labute approximate surface area is 73.8 Å². The molecular formula is C8H16ClNO. The van der Waals surface area contributed by atoms with Crippen molar-refractivity contribution in [1.29, 1.82) is 0 Å².